The van der Waals surface area contributed by atoms with Crippen LogP contribution in [0, 0.1) is 0 Å². The Bertz CT molecular complexity index is 499. The molecule has 1 aromatic carbocycles. The number of rotatable bonds is 6. The van der Waals surface area contributed by atoms with Crippen molar-refractivity contribution in [1.82, 2.24) is 4.72 Å². The fraction of sp³-hybridized carbons (Fsp3) is 0.300. The highest BCUT2D eigenvalue weighted by Gasteiger charge is 2.19. The van der Waals surface area contributed by atoms with Gasteiger partial charge < -0.3 is 10.8 Å². The average Bonchev–Trinajstić information content (AvgIpc) is 2.29. The van der Waals surface area contributed by atoms with Gasteiger partial charge in [-0.2, -0.15) is 0 Å². The summed E-state index contributed by atoms with van der Waals surface area (Å²) < 4.78 is 25.9. The lowest BCUT2D eigenvalue weighted by Crippen LogP contribution is -2.28. The summed E-state index contributed by atoms with van der Waals surface area (Å²) >= 11 is 0. The maximum absolute atomic E-state index is 11.8. The Morgan fingerprint density at radius 2 is 2.00 bits per heavy atom. The van der Waals surface area contributed by atoms with Gasteiger partial charge >= 0.3 is 0 Å². The number of nitrogens with two attached hydrogens (primary N) is 1. The first kappa shape index (κ1) is 13.6. The van der Waals surface area contributed by atoms with Crippen molar-refractivity contribution in [3.63, 3.8) is 0 Å². The molecule has 0 atom stereocenters. The average molecular weight is 258 g/mol. The number of primary amides is 1. The summed E-state index contributed by atoms with van der Waals surface area (Å²) in [6.45, 7) is -0.00802. The molecule has 6 nitrogen and oxygen atoms in total. The van der Waals surface area contributed by atoms with Crippen LogP contribution >= 0.6 is 0 Å². The lowest BCUT2D eigenvalue weighted by molar-refractivity contribution is 0.0997. The highest BCUT2D eigenvalue weighted by molar-refractivity contribution is 7.89. The van der Waals surface area contributed by atoms with E-state index >= 15 is 0 Å². The van der Waals surface area contributed by atoms with Crippen LogP contribution in [0.3, 0.4) is 0 Å². The minimum absolute atomic E-state index is 0.0519. The van der Waals surface area contributed by atoms with Crippen molar-refractivity contribution in [2.24, 2.45) is 5.73 Å². The molecule has 0 aliphatic carbocycles. The summed E-state index contributed by atoms with van der Waals surface area (Å²) in [5, 5.41) is 8.57. The van der Waals surface area contributed by atoms with Gasteiger partial charge in [-0.25, -0.2) is 13.1 Å². The van der Waals surface area contributed by atoms with E-state index in [4.69, 9.17) is 10.8 Å². The second kappa shape index (κ2) is 5.76. The number of carbonyl (C=O) groups is 1. The van der Waals surface area contributed by atoms with E-state index in [-0.39, 0.29) is 23.6 Å². The summed E-state index contributed by atoms with van der Waals surface area (Å²) in [6.07, 6.45) is 0.304. The van der Waals surface area contributed by atoms with Crippen LogP contribution in [-0.2, 0) is 10.0 Å². The molecular weight excluding hydrogens is 244 g/mol. The van der Waals surface area contributed by atoms with Crippen LogP contribution in [0.1, 0.15) is 16.8 Å². The predicted octanol–water partition coefficient (Wildman–Crippen LogP) is -0.554. The van der Waals surface area contributed by atoms with Gasteiger partial charge in [0.1, 0.15) is 0 Å². The van der Waals surface area contributed by atoms with Crippen molar-refractivity contribution in [2.45, 2.75) is 11.3 Å². The Morgan fingerprint density at radius 1 is 1.35 bits per heavy atom. The predicted molar refractivity (Wildman–Crippen MR) is 61.9 cm³/mol. The van der Waals surface area contributed by atoms with E-state index in [2.05, 4.69) is 4.72 Å². The van der Waals surface area contributed by atoms with Gasteiger partial charge in [-0.05, 0) is 18.6 Å². The van der Waals surface area contributed by atoms with Gasteiger partial charge in [0.25, 0.3) is 0 Å². The Hall–Kier alpha value is -1.44. The van der Waals surface area contributed by atoms with E-state index in [0.29, 0.717) is 6.42 Å². The largest absolute Gasteiger partial charge is 0.396 e. The second-order valence-electron chi connectivity index (χ2n) is 3.34. The molecule has 0 saturated heterocycles. The van der Waals surface area contributed by atoms with Crippen molar-refractivity contribution >= 4 is 15.9 Å². The molecule has 0 aliphatic heterocycles. The normalized spacial score (nSPS) is 11.4. The topological polar surface area (TPSA) is 109 Å². The molecule has 7 heteroatoms. The molecule has 17 heavy (non-hydrogen) atoms. The molecule has 1 rings (SSSR count). The third-order valence-electron chi connectivity index (χ3n) is 2.07. The number of nitrogens with one attached hydrogen (secondary N) is 1. The molecule has 0 bridgehead atoms. The molecule has 0 saturated carbocycles. The van der Waals surface area contributed by atoms with Crippen LogP contribution in [0.25, 0.3) is 0 Å². The van der Waals surface area contributed by atoms with Crippen molar-refractivity contribution in [1.29, 1.82) is 0 Å². The molecular formula is C10H14N2O4S. The highest BCUT2D eigenvalue weighted by atomic mass is 32.2. The molecule has 0 fully saturated rings. The van der Waals surface area contributed by atoms with Gasteiger partial charge in [-0.15, -0.1) is 0 Å². The van der Waals surface area contributed by atoms with E-state index in [1.165, 1.54) is 24.3 Å². The van der Waals surface area contributed by atoms with E-state index < -0.39 is 15.9 Å². The molecule has 1 amide bonds. The van der Waals surface area contributed by atoms with E-state index in [1.807, 2.05) is 0 Å². The highest BCUT2D eigenvalue weighted by Crippen LogP contribution is 2.14. The number of hydrogen-bond acceptors (Lipinski definition) is 4. The molecule has 0 spiro atoms. The van der Waals surface area contributed by atoms with E-state index in [9.17, 15) is 13.2 Å². The second-order valence-corrected chi connectivity index (χ2v) is 5.07. The Kier molecular flexibility index (Phi) is 4.62. The zero-order chi connectivity index (χ0) is 12.9. The van der Waals surface area contributed by atoms with Gasteiger partial charge in [0.2, 0.25) is 15.9 Å². The zero-order valence-corrected chi connectivity index (χ0v) is 9.90. The van der Waals surface area contributed by atoms with Crippen LogP contribution in [0.2, 0.25) is 0 Å². The molecule has 0 aromatic heterocycles. The number of aliphatic hydroxyl groups excluding tert-OH is 1. The number of hydrogen-bond donors (Lipinski definition) is 3. The molecule has 0 unspecified atom stereocenters. The smallest absolute Gasteiger partial charge is 0.250 e. The first-order valence-electron chi connectivity index (χ1n) is 4.98. The number of sulfonamides is 1. The summed E-state index contributed by atoms with van der Waals surface area (Å²) in [5.41, 5.74) is 5.04. The third kappa shape index (κ3) is 3.52. The maximum atomic E-state index is 11.8. The number of aliphatic hydroxyl groups is 1. The SMILES string of the molecule is NC(=O)c1ccccc1S(=O)(=O)NCCCO. The van der Waals surface area contributed by atoms with Gasteiger partial charge in [-0.3, -0.25) is 4.79 Å². The quantitative estimate of drug-likeness (QED) is 0.594. The summed E-state index contributed by atoms with van der Waals surface area (Å²) in [4.78, 5) is 10.9. The summed E-state index contributed by atoms with van der Waals surface area (Å²) in [5.74, 6) is -0.798. The number of benzene rings is 1. The van der Waals surface area contributed by atoms with Gasteiger partial charge in [0, 0.05) is 13.2 Å². The third-order valence-corrected chi connectivity index (χ3v) is 3.59. The monoisotopic (exact) mass is 258 g/mol. The van der Waals surface area contributed by atoms with Gasteiger partial charge in [0.05, 0.1) is 10.5 Å². The maximum Gasteiger partial charge on any atom is 0.250 e. The Labute approximate surface area is 99.5 Å². The van der Waals surface area contributed by atoms with Crippen molar-refractivity contribution in [3.05, 3.63) is 29.8 Å². The van der Waals surface area contributed by atoms with E-state index in [0.717, 1.165) is 0 Å². The lowest BCUT2D eigenvalue weighted by atomic mass is 10.2. The molecule has 0 heterocycles. The summed E-state index contributed by atoms with van der Waals surface area (Å²) in [6, 6.07) is 5.70. The minimum atomic E-state index is -3.77. The zero-order valence-electron chi connectivity index (χ0n) is 9.09. The first-order valence-corrected chi connectivity index (χ1v) is 6.46. The van der Waals surface area contributed by atoms with Gasteiger partial charge in [0.15, 0.2) is 0 Å². The molecule has 1 aromatic rings. The Balaban J connectivity index is 3.02. The fourth-order valence-electron chi connectivity index (χ4n) is 1.27. The van der Waals surface area contributed by atoms with Crippen LogP contribution in [0.4, 0.5) is 0 Å². The van der Waals surface area contributed by atoms with Crippen LogP contribution in [0.5, 0.6) is 0 Å². The van der Waals surface area contributed by atoms with Crippen molar-refractivity contribution in [3.8, 4) is 0 Å². The molecule has 0 radical (unpaired) electrons. The van der Waals surface area contributed by atoms with Crippen LogP contribution in [-0.4, -0.2) is 32.6 Å². The Morgan fingerprint density at radius 3 is 2.59 bits per heavy atom. The fourth-order valence-corrected chi connectivity index (χ4v) is 2.55. The first-order chi connectivity index (χ1) is 7.99. The van der Waals surface area contributed by atoms with Gasteiger partial charge in [-0.1, -0.05) is 12.1 Å². The molecule has 94 valence electrons. The van der Waals surface area contributed by atoms with Crippen LogP contribution in [0.15, 0.2) is 29.2 Å². The standard InChI is InChI=1S/C10H14N2O4S/c11-10(14)8-4-1-2-5-9(8)17(15,16)12-6-3-7-13/h1-2,4-5,12-13H,3,6-7H2,(H2,11,14). The van der Waals surface area contributed by atoms with Crippen LogP contribution < -0.4 is 10.5 Å². The lowest BCUT2D eigenvalue weighted by Gasteiger charge is -2.08. The summed E-state index contributed by atoms with van der Waals surface area (Å²) in [7, 11) is -3.77. The number of amides is 1. The number of carbonyl (C=O) groups excluding carboxylic acids is 1. The van der Waals surface area contributed by atoms with E-state index in [1.54, 1.807) is 0 Å². The minimum Gasteiger partial charge on any atom is -0.396 e. The van der Waals surface area contributed by atoms with Crippen molar-refractivity contribution in [2.75, 3.05) is 13.2 Å². The molecule has 4 N–H and O–H groups in total. The molecule has 0 aliphatic rings. The van der Waals surface area contributed by atoms with Crippen molar-refractivity contribution < 1.29 is 18.3 Å².